The second-order valence-corrected chi connectivity index (χ2v) is 7.37. The first kappa shape index (κ1) is 16.9. The largest absolute Gasteiger partial charge is 0.361 e. The van der Waals surface area contributed by atoms with Crippen molar-refractivity contribution in [1.29, 1.82) is 0 Å². The molecule has 0 radical (unpaired) electrons. The topological polar surface area (TPSA) is 62.1 Å². The number of nitrogens with zero attached hydrogens (tertiary/aromatic N) is 2. The SMILES string of the molecule is Cc1noc(C)c1C(C)C(=O)N1CCC(c2cc3ccccc3[nH]2)CC1. The Morgan fingerprint density at radius 1 is 1.27 bits per heavy atom. The van der Waals surface area contributed by atoms with Gasteiger partial charge in [-0.05, 0) is 51.1 Å². The lowest BCUT2D eigenvalue weighted by Crippen LogP contribution is -2.40. The maximum atomic E-state index is 12.9. The number of hydrogen-bond acceptors (Lipinski definition) is 3. The van der Waals surface area contributed by atoms with Crippen LogP contribution in [0, 0.1) is 13.8 Å². The summed E-state index contributed by atoms with van der Waals surface area (Å²) < 4.78 is 5.23. The molecule has 0 saturated carbocycles. The molecule has 0 spiro atoms. The zero-order valence-corrected chi connectivity index (χ0v) is 15.6. The lowest BCUT2D eigenvalue weighted by atomic mass is 9.91. The Balaban J connectivity index is 1.43. The molecule has 5 nitrogen and oxygen atoms in total. The summed E-state index contributed by atoms with van der Waals surface area (Å²) >= 11 is 0. The maximum absolute atomic E-state index is 12.9. The highest BCUT2D eigenvalue weighted by atomic mass is 16.5. The molecule has 1 saturated heterocycles. The third kappa shape index (κ3) is 2.91. The van der Waals surface area contributed by atoms with E-state index in [9.17, 15) is 4.79 Å². The number of likely N-dealkylation sites (tertiary alicyclic amines) is 1. The predicted molar refractivity (Wildman–Crippen MR) is 101 cm³/mol. The summed E-state index contributed by atoms with van der Waals surface area (Å²) in [7, 11) is 0. The van der Waals surface area contributed by atoms with Gasteiger partial charge in [0.25, 0.3) is 0 Å². The molecule has 1 amide bonds. The molecule has 1 N–H and O–H groups in total. The highest BCUT2D eigenvalue weighted by Gasteiger charge is 2.30. The van der Waals surface area contributed by atoms with Crippen molar-refractivity contribution in [2.45, 2.75) is 45.4 Å². The summed E-state index contributed by atoms with van der Waals surface area (Å²) in [6.45, 7) is 7.33. The number of aryl methyl sites for hydroxylation is 2. The van der Waals surface area contributed by atoms with Crippen LogP contribution in [0.25, 0.3) is 10.9 Å². The van der Waals surface area contributed by atoms with Crippen LogP contribution in [0.5, 0.6) is 0 Å². The summed E-state index contributed by atoms with van der Waals surface area (Å²) in [5.74, 6) is 1.21. The van der Waals surface area contributed by atoms with Crippen LogP contribution in [0.1, 0.15) is 54.3 Å². The molecule has 1 atom stereocenters. The fourth-order valence-corrected chi connectivity index (χ4v) is 4.23. The van der Waals surface area contributed by atoms with E-state index in [1.165, 1.54) is 16.6 Å². The molecular formula is C21H25N3O2. The second-order valence-electron chi connectivity index (χ2n) is 7.37. The van der Waals surface area contributed by atoms with Gasteiger partial charge in [0.15, 0.2) is 0 Å². The summed E-state index contributed by atoms with van der Waals surface area (Å²) in [6, 6.07) is 10.6. The lowest BCUT2D eigenvalue weighted by molar-refractivity contribution is -0.133. The highest BCUT2D eigenvalue weighted by Crippen LogP contribution is 2.32. The van der Waals surface area contributed by atoms with Gasteiger partial charge >= 0.3 is 0 Å². The first-order valence-electron chi connectivity index (χ1n) is 9.34. The van der Waals surface area contributed by atoms with E-state index in [4.69, 9.17) is 4.52 Å². The summed E-state index contributed by atoms with van der Waals surface area (Å²) in [4.78, 5) is 18.5. The molecule has 2 aromatic heterocycles. The molecule has 1 aliphatic heterocycles. The van der Waals surface area contributed by atoms with Gasteiger partial charge in [0.2, 0.25) is 5.91 Å². The van der Waals surface area contributed by atoms with Gasteiger partial charge in [-0.25, -0.2) is 0 Å². The van der Waals surface area contributed by atoms with Crippen molar-refractivity contribution in [3.63, 3.8) is 0 Å². The van der Waals surface area contributed by atoms with Gasteiger partial charge < -0.3 is 14.4 Å². The van der Waals surface area contributed by atoms with Crippen LogP contribution in [0.15, 0.2) is 34.9 Å². The van der Waals surface area contributed by atoms with Crippen LogP contribution in [0.4, 0.5) is 0 Å². The first-order chi connectivity index (χ1) is 12.5. The highest BCUT2D eigenvalue weighted by molar-refractivity contribution is 5.84. The number of nitrogens with one attached hydrogen (secondary N) is 1. The molecule has 3 aromatic rings. The number of hydrogen-bond donors (Lipinski definition) is 1. The first-order valence-corrected chi connectivity index (χ1v) is 9.34. The Morgan fingerprint density at radius 3 is 2.65 bits per heavy atom. The number of benzene rings is 1. The lowest BCUT2D eigenvalue weighted by Gasteiger charge is -2.33. The molecule has 4 rings (SSSR count). The van der Waals surface area contributed by atoms with Crippen molar-refractivity contribution in [2.75, 3.05) is 13.1 Å². The van der Waals surface area contributed by atoms with Gasteiger partial charge in [0.05, 0.1) is 11.6 Å². The van der Waals surface area contributed by atoms with Gasteiger partial charge in [-0.3, -0.25) is 4.79 Å². The van der Waals surface area contributed by atoms with Crippen LogP contribution in [-0.2, 0) is 4.79 Å². The van der Waals surface area contributed by atoms with Gasteiger partial charge in [-0.2, -0.15) is 0 Å². The molecule has 136 valence electrons. The minimum Gasteiger partial charge on any atom is -0.361 e. The Hall–Kier alpha value is -2.56. The van der Waals surface area contributed by atoms with E-state index in [0.717, 1.165) is 42.9 Å². The fourth-order valence-electron chi connectivity index (χ4n) is 4.23. The van der Waals surface area contributed by atoms with Crippen molar-refractivity contribution in [2.24, 2.45) is 0 Å². The number of H-pyrrole nitrogens is 1. The standard InChI is InChI=1S/C21H25N3O2/c1-13(20-14(2)23-26-15(20)3)21(25)24-10-8-16(9-11-24)19-12-17-6-4-5-7-18(17)22-19/h4-7,12-13,16,22H,8-11H2,1-3H3. The van der Waals surface area contributed by atoms with E-state index in [1.807, 2.05) is 25.7 Å². The zero-order chi connectivity index (χ0) is 18.3. The van der Waals surface area contributed by atoms with Crippen molar-refractivity contribution in [1.82, 2.24) is 15.0 Å². The van der Waals surface area contributed by atoms with Crippen LogP contribution < -0.4 is 0 Å². The molecule has 1 aromatic carbocycles. The van der Waals surface area contributed by atoms with E-state index in [0.29, 0.717) is 5.92 Å². The average molecular weight is 351 g/mol. The Morgan fingerprint density at radius 2 is 2.00 bits per heavy atom. The van der Waals surface area contributed by atoms with E-state index in [-0.39, 0.29) is 11.8 Å². The average Bonchev–Trinajstić information content (AvgIpc) is 3.24. The number of rotatable bonds is 3. The minimum absolute atomic E-state index is 0.175. The zero-order valence-electron chi connectivity index (χ0n) is 15.6. The predicted octanol–water partition coefficient (Wildman–Crippen LogP) is 4.28. The molecule has 1 unspecified atom stereocenters. The number of carbonyl (C=O) groups is 1. The maximum Gasteiger partial charge on any atom is 0.230 e. The number of amides is 1. The third-order valence-electron chi connectivity index (χ3n) is 5.69. The number of piperidine rings is 1. The van der Waals surface area contributed by atoms with Gasteiger partial charge in [-0.15, -0.1) is 0 Å². The normalized spacial score (nSPS) is 17.0. The van der Waals surface area contributed by atoms with Crippen LogP contribution in [-0.4, -0.2) is 34.0 Å². The Bertz CT molecular complexity index is 879. The molecule has 0 bridgehead atoms. The van der Waals surface area contributed by atoms with Crippen LogP contribution in [0.3, 0.4) is 0 Å². The van der Waals surface area contributed by atoms with E-state index in [2.05, 4.69) is 40.5 Å². The van der Waals surface area contributed by atoms with Crippen molar-refractivity contribution in [3.8, 4) is 0 Å². The summed E-state index contributed by atoms with van der Waals surface area (Å²) in [5.41, 5.74) is 4.23. The van der Waals surface area contributed by atoms with E-state index in [1.54, 1.807) is 0 Å². The van der Waals surface area contributed by atoms with Gasteiger partial charge in [0, 0.05) is 35.8 Å². The van der Waals surface area contributed by atoms with E-state index >= 15 is 0 Å². The second kappa shape index (κ2) is 6.63. The van der Waals surface area contributed by atoms with Crippen molar-refractivity contribution in [3.05, 3.63) is 53.0 Å². The molecule has 3 heterocycles. The molecule has 1 fully saturated rings. The molecular weight excluding hydrogens is 326 g/mol. The van der Waals surface area contributed by atoms with Crippen molar-refractivity contribution >= 4 is 16.8 Å². The monoisotopic (exact) mass is 351 g/mol. The van der Waals surface area contributed by atoms with Gasteiger partial charge in [0.1, 0.15) is 5.76 Å². The minimum atomic E-state index is -0.203. The Labute approximate surface area is 153 Å². The third-order valence-corrected chi connectivity index (χ3v) is 5.69. The number of carbonyl (C=O) groups excluding carboxylic acids is 1. The van der Waals surface area contributed by atoms with Crippen molar-refractivity contribution < 1.29 is 9.32 Å². The number of fused-ring (bicyclic) bond motifs is 1. The fraction of sp³-hybridized carbons (Fsp3) is 0.429. The Kier molecular flexibility index (Phi) is 4.31. The molecule has 1 aliphatic rings. The summed E-state index contributed by atoms with van der Waals surface area (Å²) in [5, 5.41) is 5.24. The number of aromatic nitrogens is 2. The van der Waals surface area contributed by atoms with Crippen LogP contribution >= 0.6 is 0 Å². The molecule has 5 heteroatoms. The van der Waals surface area contributed by atoms with Crippen LogP contribution in [0.2, 0.25) is 0 Å². The molecule has 26 heavy (non-hydrogen) atoms. The van der Waals surface area contributed by atoms with E-state index < -0.39 is 0 Å². The number of para-hydroxylation sites is 1. The quantitative estimate of drug-likeness (QED) is 0.766. The summed E-state index contributed by atoms with van der Waals surface area (Å²) in [6.07, 6.45) is 1.99. The molecule has 0 aliphatic carbocycles. The van der Waals surface area contributed by atoms with Gasteiger partial charge in [-0.1, -0.05) is 23.4 Å². The number of aromatic amines is 1. The smallest absolute Gasteiger partial charge is 0.230 e.